The molecule has 0 radical (unpaired) electrons. The van der Waals surface area contributed by atoms with Crippen molar-refractivity contribution in [2.75, 3.05) is 0 Å². The smallest absolute Gasteiger partial charge is 0.270 e. The molecule has 4 rings (SSSR count). The van der Waals surface area contributed by atoms with Crippen molar-refractivity contribution in [3.63, 3.8) is 0 Å². The predicted molar refractivity (Wildman–Crippen MR) is 103 cm³/mol. The highest BCUT2D eigenvalue weighted by atomic mass is 19.1. The molecule has 1 N–H and O–H groups in total. The third-order valence-corrected chi connectivity index (χ3v) is 5.26. The van der Waals surface area contributed by atoms with Gasteiger partial charge >= 0.3 is 0 Å². The van der Waals surface area contributed by atoms with Gasteiger partial charge in [0.05, 0.1) is 5.69 Å². The van der Waals surface area contributed by atoms with Gasteiger partial charge in [0.2, 0.25) is 11.7 Å². The Morgan fingerprint density at radius 3 is 2.79 bits per heavy atom. The van der Waals surface area contributed by atoms with E-state index < -0.39 is 18.1 Å². The SMILES string of the molecule is CC(F)c1cc(C(=O)N[C@@H](C)c2nc(-c3ccnc(C4CCC4)c3)no2)n(C)n1. The standard InChI is InChI=1S/C20H23FN6O2/c1-11(21)15-10-17(27(3)25-15)19(28)23-12(2)20-24-18(26-29-20)14-7-8-22-16(9-14)13-5-4-6-13/h7-13H,4-6H2,1-3H3,(H,23,28)/t11?,12-/m0/s1. The normalized spacial score (nSPS) is 16.3. The molecule has 2 atom stereocenters. The molecule has 1 aliphatic rings. The average Bonchev–Trinajstić information content (AvgIpc) is 3.27. The van der Waals surface area contributed by atoms with E-state index in [-0.39, 0.29) is 17.3 Å². The lowest BCUT2D eigenvalue weighted by molar-refractivity contribution is 0.0923. The van der Waals surface area contributed by atoms with E-state index in [2.05, 4.69) is 25.5 Å². The fourth-order valence-electron chi connectivity index (χ4n) is 3.27. The number of carbonyl (C=O) groups is 1. The third-order valence-electron chi connectivity index (χ3n) is 5.26. The van der Waals surface area contributed by atoms with Crippen LogP contribution in [0, 0.1) is 0 Å². The van der Waals surface area contributed by atoms with Gasteiger partial charge in [0, 0.05) is 30.4 Å². The summed E-state index contributed by atoms with van der Waals surface area (Å²) in [4.78, 5) is 21.4. The van der Waals surface area contributed by atoms with Crippen LogP contribution in [0.2, 0.25) is 0 Å². The van der Waals surface area contributed by atoms with Crippen molar-refractivity contribution in [3.8, 4) is 11.4 Å². The van der Waals surface area contributed by atoms with E-state index in [0.29, 0.717) is 11.7 Å². The van der Waals surface area contributed by atoms with Gasteiger partial charge in [0.15, 0.2) is 0 Å². The van der Waals surface area contributed by atoms with Gasteiger partial charge in [0.25, 0.3) is 5.91 Å². The summed E-state index contributed by atoms with van der Waals surface area (Å²) in [5, 5.41) is 10.8. The molecule has 1 saturated carbocycles. The summed E-state index contributed by atoms with van der Waals surface area (Å²) in [6, 6.07) is 4.76. The average molecular weight is 398 g/mol. The van der Waals surface area contributed by atoms with Crippen LogP contribution in [0.25, 0.3) is 11.4 Å². The minimum absolute atomic E-state index is 0.213. The molecular weight excluding hydrogens is 375 g/mol. The Morgan fingerprint density at radius 1 is 1.34 bits per heavy atom. The molecule has 1 aliphatic carbocycles. The molecule has 1 amide bonds. The first kappa shape index (κ1) is 19.2. The van der Waals surface area contributed by atoms with Crippen LogP contribution in [0.1, 0.15) is 79.0 Å². The molecule has 1 unspecified atom stereocenters. The first-order valence-electron chi connectivity index (χ1n) is 9.71. The second-order valence-electron chi connectivity index (χ2n) is 7.44. The summed E-state index contributed by atoms with van der Waals surface area (Å²) in [5.41, 5.74) is 2.36. The van der Waals surface area contributed by atoms with Gasteiger partial charge in [-0.25, -0.2) is 4.39 Å². The summed E-state index contributed by atoms with van der Waals surface area (Å²) in [6.45, 7) is 3.12. The molecule has 1 fully saturated rings. The number of aromatic nitrogens is 5. The van der Waals surface area contributed by atoms with Crippen LogP contribution in [0.4, 0.5) is 4.39 Å². The molecular formula is C20H23FN6O2. The van der Waals surface area contributed by atoms with Gasteiger partial charge in [-0.2, -0.15) is 10.1 Å². The Balaban J connectivity index is 1.47. The van der Waals surface area contributed by atoms with Gasteiger partial charge in [-0.15, -0.1) is 0 Å². The van der Waals surface area contributed by atoms with Gasteiger partial charge in [0.1, 0.15) is 17.9 Å². The molecule has 0 bridgehead atoms. The zero-order valence-corrected chi connectivity index (χ0v) is 16.6. The fraction of sp³-hybridized carbons (Fsp3) is 0.450. The number of nitrogens with zero attached hydrogens (tertiary/aromatic N) is 5. The molecule has 9 heteroatoms. The van der Waals surface area contributed by atoms with Gasteiger partial charge in [-0.1, -0.05) is 11.6 Å². The van der Waals surface area contributed by atoms with Crippen molar-refractivity contribution in [2.45, 2.75) is 51.2 Å². The monoisotopic (exact) mass is 398 g/mol. The van der Waals surface area contributed by atoms with Gasteiger partial charge in [-0.05, 0) is 44.9 Å². The number of pyridine rings is 1. The molecule has 0 saturated heterocycles. The predicted octanol–water partition coefficient (Wildman–Crippen LogP) is 3.65. The molecule has 0 aromatic carbocycles. The molecule has 152 valence electrons. The minimum Gasteiger partial charge on any atom is -0.339 e. The van der Waals surface area contributed by atoms with E-state index in [1.54, 1.807) is 20.2 Å². The highest BCUT2D eigenvalue weighted by Crippen LogP contribution is 2.36. The number of alkyl halides is 1. The number of halogens is 1. The van der Waals surface area contributed by atoms with Crippen LogP contribution in [0.3, 0.4) is 0 Å². The zero-order chi connectivity index (χ0) is 20.5. The number of aryl methyl sites for hydroxylation is 1. The fourth-order valence-corrected chi connectivity index (χ4v) is 3.27. The van der Waals surface area contributed by atoms with Crippen LogP contribution in [0.5, 0.6) is 0 Å². The van der Waals surface area contributed by atoms with Crippen LogP contribution in [0.15, 0.2) is 28.9 Å². The van der Waals surface area contributed by atoms with Crippen molar-refractivity contribution in [1.29, 1.82) is 0 Å². The summed E-state index contributed by atoms with van der Waals surface area (Å²) < 4.78 is 20.1. The summed E-state index contributed by atoms with van der Waals surface area (Å²) in [5.74, 6) is 0.862. The first-order chi connectivity index (χ1) is 13.9. The summed E-state index contributed by atoms with van der Waals surface area (Å²) in [6.07, 6.45) is 4.07. The van der Waals surface area contributed by atoms with Crippen molar-refractivity contribution in [3.05, 3.63) is 47.4 Å². The Bertz CT molecular complexity index is 1020. The number of rotatable bonds is 6. The number of carbonyl (C=O) groups excluding carboxylic acids is 1. The highest BCUT2D eigenvalue weighted by Gasteiger charge is 2.23. The van der Waals surface area contributed by atoms with Crippen molar-refractivity contribution >= 4 is 5.91 Å². The second-order valence-corrected chi connectivity index (χ2v) is 7.44. The lowest BCUT2D eigenvalue weighted by Crippen LogP contribution is -2.28. The van der Waals surface area contributed by atoms with Crippen LogP contribution >= 0.6 is 0 Å². The number of hydrogen-bond acceptors (Lipinski definition) is 6. The van der Waals surface area contributed by atoms with E-state index >= 15 is 0 Å². The van der Waals surface area contributed by atoms with Crippen molar-refractivity contribution in [2.24, 2.45) is 7.05 Å². The van der Waals surface area contributed by atoms with Gasteiger partial charge in [-0.3, -0.25) is 14.5 Å². The maximum atomic E-state index is 13.4. The molecule has 3 aromatic heterocycles. The van der Waals surface area contributed by atoms with E-state index in [1.165, 1.54) is 24.1 Å². The van der Waals surface area contributed by atoms with Crippen LogP contribution in [-0.2, 0) is 7.05 Å². The van der Waals surface area contributed by atoms with Crippen LogP contribution < -0.4 is 5.32 Å². The van der Waals surface area contributed by atoms with E-state index in [1.807, 2.05) is 12.1 Å². The Labute approximate surface area is 167 Å². The second kappa shape index (κ2) is 7.73. The maximum absolute atomic E-state index is 13.4. The van der Waals surface area contributed by atoms with E-state index in [4.69, 9.17) is 4.52 Å². The summed E-state index contributed by atoms with van der Waals surface area (Å²) in [7, 11) is 1.60. The number of hydrogen-bond donors (Lipinski definition) is 1. The zero-order valence-electron chi connectivity index (χ0n) is 16.6. The lowest BCUT2D eigenvalue weighted by Gasteiger charge is -2.24. The van der Waals surface area contributed by atoms with Gasteiger partial charge < -0.3 is 9.84 Å². The van der Waals surface area contributed by atoms with Crippen molar-refractivity contribution < 1.29 is 13.7 Å². The molecule has 29 heavy (non-hydrogen) atoms. The Morgan fingerprint density at radius 2 is 2.14 bits per heavy atom. The first-order valence-corrected chi connectivity index (χ1v) is 9.71. The maximum Gasteiger partial charge on any atom is 0.270 e. The Hall–Kier alpha value is -3.10. The number of amides is 1. The minimum atomic E-state index is -1.25. The third kappa shape index (κ3) is 3.90. The molecule has 3 aromatic rings. The lowest BCUT2D eigenvalue weighted by atomic mass is 9.82. The quantitative estimate of drug-likeness (QED) is 0.680. The van der Waals surface area contributed by atoms with E-state index in [9.17, 15) is 9.18 Å². The molecule has 0 spiro atoms. The molecule has 0 aliphatic heterocycles. The highest BCUT2D eigenvalue weighted by molar-refractivity contribution is 5.92. The largest absolute Gasteiger partial charge is 0.339 e. The van der Waals surface area contributed by atoms with E-state index in [0.717, 1.165) is 24.1 Å². The number of nitrogens with one attached hydrogen (secondary N) is 1. The van der Waals surface area contributed by atoms with Crippen molar-refractivity contribution in [1.82, 2.24) is 30.2 Å². The summed E-state index contributed by atoms with van der Waals surface area (Å²) >= 11 is 0. The molecule has 3 heterocycles. The van der Waals surface area contributed by atoms with Crippen LogP contribution in [-0.4, -0.2) is 30.8 Å². The Kier molecular flexibility index (Phi) is 5.12. The molecule has 8 nitrogen and oxygen atoms in total. The topological polar surface area (TPSA) is 98.7 Å².